The van der Waals surface area contributed by atoms with Crippen molar-refractivity contribution in [3.63, 3.8) is 0 Å². The molecule has 5 heteroatoms. The van der Waals surface area contributed by atoms with Crippen molar-refractivity contribution in [3.05, 3.63) is 35.9 Å². The van der Waals surface area contributed by atoms with Gasteiger partial charge in [-0.2, -0.15) is 0 Å². The van der Waals surface area contributed by atoms with Gasteiger partial charge in [-0.25, -0.2) is 0 Å². The van der Waals surface area contributed by atoms with Crippen molar-refractivity contribution in [1.82, 2.24) is 5.32 Å². The Balaban J connectivity index is 1.79. The number of carbonyl (C=O) groups is 1. The van der Waals surface area contributed by atoms with Crippen LogP contribution in [0, 0.1) is 5.41 Å². The van der Waals surface area contributed by atoms with Crippen LogP contribution >= 0.6 is 0 Å². The Kier molecular flexibility index (Phi) is 4.96. The van der Waals surface area contributed by atoms with Gasteiger partial charge in [0.1, 0.15) is 6.10 Å². The van der Waals surface area contributed by atoms with E-state index < -0.39 is 5.41 Å². The van der Waals surface area contributed by atoms with E-state index in [9.17, 15) is 4.79 Å². The third-order valence-electron chi connectivity index (χ3n) is 3.27. The summed E-state index contributed by atoms with van der Waals surface area (Å²) in [4.78, 5) is 17.3. The summed E-state index contributed by atoms with van der Waals surface area (Å²) in [7, 11) is 0. The number of rotatable bonds is 5. The third kappa shape index (κ3) is 4.56. The number of hydrogen-bond donors (Lipinski definition) is 1. The summed E-state index contributed by atoms with van der Waals surface area (Å²) < 4.78 is 5.66. The molecule has 5 nitrogen and oxygen atoms in total. The molecule has 1 amide bonds. The van der Waals surface area contributed by atoms with Crippen LogP contribution in [0.4, 0.5) is 0 Å². The number of ether oxygens (including phenoxy) is 1. The third-order valence-corrected chi connectivity index (χ3v) is 3.27. The largest absolute Gasteiger partial charge is 0.391 e. The van der Waals surface area contributed by atoms with E-state index in [1.165, 1.54) is 0 Å². The highest BCUT2D eigenvalue weighted by Crippen LogP contribution is 2.18. The van der Waals surface area contributed by atoms with E-state index in [1.807, 2.05) is 51.1 Å². The lowest BCUT2D eigenvalue weighted by molar-refractivity contribution is -0.131. The quantitative estimate of drug-likeness (QED) is 0.906. The van der Waals surface area contributed by atoms with Crippen LogP contribution in [0.5, 0.6) is 0 Å². The fraction of sp³-hybridized carbons (Fsp3) is 0.500. The summed E-state index contributed by atoms with van der Waals surface area (Å²) in [5.74, 6) is 0.482. The molecule has 21 heavy (non-hydrogen) atoms. The van der Waals surface area contributed by atoms with Crippen molar-refractivity contribution in [3.8, 4) is 0 Å². The van der Waals surface area contributed by atoms with E-state index in [0.717, 1.165) is 5.56 Å². The van der Waals surface area contributed by atoms with Crippen LogP contribution < -0.4 is 5.32 Å². The fourth-order valence-electron chi connectivity index (χ4n) is 1.94. The smallest absolute Gasteiger partial charge is 0.233 e. The topological polar surface area (TPSA) is 59.9 Å². The van der Waals surface area contributed by atoms with E-state index in [-0.39, 0.29) is 12.0 Å². The highest BCUT2D eigenvalue weighted by molar-refractivity contribution is 6.00. The van der Waals surface area contributed by atoms with Gasteiger partial charge in [-0.3, -0.25) is 4.79 Å². The van der Waals surface area contributed by atoms with Crippen LogP contribution in [0.2, 0.25) is 0 Å². The van der Waals surface area contributed by atoms with Gasteiger partial charge in [0, 0.05) is 6.42 Å². The van der Waals surface area contributed by atoms with E-state index in [1.54, 1.807) is 0 Å². The molecule has 0 aromatic heterocycles. The predicted molar refractivity (Wildman–Crippen MR) is 80.6 cm³/mol. The van der Waals surface area contributed by atoms with Crippen LogP contribution in [0.15, 0.2) is 35.5 Å². The average molecular weight is 290 g/mol. The Hall–Kier alpha value is -1.88. The van der Waals surface area contributed by atoms with Crippen molar-refractivity contribution < 1.29 is 14.4 Å². The number of oxime groups is 1. The number of amides is 1. The van der Waals surface area contributed by atoms with Crippen LogP contribution in [0.3, 0.4) is 0 Å². The van der Waals surface area contributed by atoms with Crippen LogP contribution in [0.1, 0.15) is 32.8 Å². The highest BCUT2D eigenvalue weighted by atomic mass is 16.6. The second-order valence-electron chi connectivity index (χ2n) is 5.97. The molecule has 0 saturated carbocycles. The molecule has 1 heterocycles. The molecule has 1 unspecified atom stereocenters. The molecule has 1 atom stereocenters. The Morgan fingerprint density at radius 1 is 1.43 bits per heavy atom. The monoisotopic (exact) mass is 290 g/mol. The molecular formula is C16H22N2O3. The maximum absolute atomic E-state index is 12.2. The minimum Gasteiger partial charge on any atom is -0.391 e. The van der Waals surface area contributed by atoms with Crippen molar-refractivity contribution in [2.24, 2.45) is 10.6 Å². The first-order valence-corrected chi connectivity index (χ1v) is 7.13. The van der Waals surface area contributed by atoms with Gasteiger partial charge in [-0.1, -0.05) is 35.5 Å². The number of nitrogens with one attached hydrogen (secondary N) is 1. The Morgan fingerprint density at radius 2 is 2.14 bits per heavy atom. The molecule has 1 aromatic carbocycles. The first-order valence-electron chi connectivity index (χ1n) is 7.13. The first-order chi connectivity index (χ1) is 9.97. The minimum atomic E-state index is -0.622. The van der Waals surface area contributed by atoms with E-state index >= 15 is 0 Å². The zero-order valence-electron chi connectivity index (χ0n) is 12.8. The number of amidine groups is 1. The zero-order valence-corrected chi connectivity index (χ0v) is 12.8. The molecule has 0 spiro atoms. The summed E-state index contributed by atoms with van der Waals surface area (Å²) in [6, 6.07) is 9.90. The molecule has 0 saturated heterocycles. The molecule has 1 aliphatic heterocycles. The molecule has 2 rings (SSSR count). The number of carbonyl (C=O) groups excluding carboxylic acids is 1. The zero-order chi connectivity index (χ0) is 15.3. The van der Waals surface area contributed by atoms with Gasteiger partial charge in [0.2, 0.25) is 5.91 Å². The summed E-state index contributed by atoms with van der Waals surface area (Å²) in [6.45, 7) is 6.47. The SMILES string of the molecule is CC1CC(NC(=O)C(C)(C)COCc2ccccc2)=NO1. The lowest BCUT2D eigenvalue weighted by atomic mass is 9.93. The number of nitrogens with zero attached hydrogens (tertiary/aromatic N) is 1. The van der Waals surface area contributed by atoms with Gasteiger partial charge >= 0.3 is 0 Å². The van der Waals surface area contributed by atoms with Crippen LogP contribution in [0.25, 0.3) is 0 Å². The van der Waals surface area contributed by atoms with Gasteiger partial charge < -0.3 is 14.9 Å². The average Bonchev–Trinajstić information content (AvgIpc) is 2.85. The molecule has 0 bridgehead atoms. The van der Waals surface area contributed by atoms with Gasteiger partial charge in [0.05, 0.1) is 18.6 Å². The second-order valence-corrected chi connectivity index (χ2v) is 5.97. The van der Waals surface area contributed by atoms with Crippen molar-refractivity contribution >= 4 is 11.7 Å². The minimum absolute atomic E-state index is 0.0257. The van der Waals surface area contributed by atoms with Gasteiger partial charge in [0.25, 0.3) is 0 Å². The molecule has 0 radical (unpaired) electrons. The summed E-state index contributed by atoms with van der Waals surface area (Å²) in [5.41, 5.74) is 0.472. The lowest BCUT2D eigenvalue weighted by Crippen LogP contribution is -2.42. The van der Waals surface area contributed by atoms with Crippen LogP contribution in [-0.2, 0) is 21.0 Å². The van der Waals surface area contributed by atoms with Gasteiger partial charge in [0.15, 0.2) is 5.84 Å². The van der Waals surface area contributed by atoms with E-state index in [2.05, 4.69) is 10.5 Å². The maximum atomic E-state index is 12.2. The first kappa shape index (κ1) is 15.5. The number of hydrogen-bond acceptors (Lipinski definition) is 4. The number of benzene rings is 1. The fourth-order valence-corrected chi connectivity index (χ4v) is 1.94. The molecule has 1 aliphatic rings. The second kappa shape index (κ2) is 6.72. The van der Waals surface area contributed by atoms with Crippen LogP contribution in [-0.4, -0.2) is 24.5 Å². The van der Waals surface area contributed by atoms with E-state index in [4.69, 9.17) is 9.57 Å². The Labute approximate surface area is 125 Å². The van der Waals surface area contributed by atoms with Gasteiger partial charge in [-0.15, -0.1) is 0 Å². The van der Waals surface area contributed by atoms with E-state index in [0.29, 0.717) is 25.5 Å². The molecule has 1 aromatic rings. The maximum Gasteiger partial charge on any atom is 0.233 e. The molecule has 0 aliphatic carbocycles. The summed E-state index contributed by atoms with van der Waals surface area (Å²) in [5, 5.41) is 6.65. The molecule has 114 valence electrons. The van der Waals surface area contributed by atoms with Crippen molar-refractivity contribution in [1.29, 1.82) is 0 Å². The van der Waals surface area contributed by atoms with Gasteiger partial charge in [-0.05, 0) is 26.3 Å². The summed E-state index contributed by atoms with van der Waals surface area (Å²) in [6.07, 6.45) is 0.657. The Morgan fingerprint density at radius 3 is 2.76 bits per heavy atom. The normalized spacial score (nSPS) is 18.0. The Bertz CT molecular complexity index is 512. The molecule has 1 N–H and O–H groups in total. The molecular weight excluding hydrogens is 268 g/mol. The predicted octanol–water partition coefficient (Wildman–Crippen LogP) is 2.47. The molecule has 0 fully saturated rings. The highest BCUT2D eigenvalue weighted by Gasteiger charge is 2.30. The van der Waals surface area contributed by atoms with Crippen molar-refractivity contribution in [2.45, 2.75) is 39.9 Å². The standard InChI is InChI=1S/C16H22N2O3/c1-12-9-14(18-21-12)17-15(19)16(2,3)11-20-10-13-7-5-4-6-8-13/h4-8,12H,9-11H2,1-3H3,(H,17,18,19). The van der Waals surface area contributed by atoms with Crippen molar-refractivity contribution in [2.75, 3.05) is 6.61 Å². The summed E-state index contributed by atoms with van der Waals surface area (Å²) >= 11 is 0. The lowest BCUT2D eigenvalue weighted by Gasteiger charge is -2.23.